The van der Waals surface area contributed by atoms with Crippen LogP contribution in [-0.4, -0.2) is 27.6 Å². The number of benzene rings is 3. The maximum atomic E-state index is 13.4. The van der Waals surface area contributed by atoms with E-state index in [0.29, 0.717) is 9.23 Å². The predicted octanol–water partition coefficient (Wildman–Crippen LogP) is 6.11. The molecule has 7 heteroatoms. The van der Waals surface area contributed by atoms with Gasteiger partial charge in [-0.3, -0.25) is 19.4 Å². The number of hydrogen-bond acceptors (Lipinski definition) is 5. The molecular weight excluding hydrogens is 456 g/mol. The molecule has 2 aliphatic heterocycles. The van der Waals surface area contributed by atoms with Crippen LogP contribution in [0, 0.1) is 0 Å². The Morgan fingerprint density at radius 1 is 0.844 bits per heavy atom. The summed E-state index contributed by atoms with van der Waals surface area (Å²) >= 11 is 8.39. The van der Waals surface area contributed by atoms with Gasteiger partial charge in [0.05, 0.1) is 16.3 Å². The number of rotatable bonds is 4. The fourth-order valence-electron chi connectivity index (χ4n) is 3.69. The number of fused-ring (bicyclic) bond motifs is 2. The number of thioether (sulfide) groups is 1. The zero-order chi connectivity index (χ0) is 22.1. The lowest BCUT2D eigenvalue weighted by molar-refractivity contribution is -0.123. The SMILES string of the molecule is O=C1C(=Cc2ccccc2)SC(=S)N1CCC(=O)N1c2ccccc2Sc2ccccc21. The molecule has 0 radical (unpaired) electrons. The van der Waals surface area contributed by atoms with E-state index in [1.54, 1.807) is 16.7 Å². The summed E-state index contributed by atoms with van der Waals surface area (Å²) in [6, 6.07) is 25.4. The highest BCUT2D eigenvalue weighted by atomic mass is 32.2. The van der Waals surface area contributed by atoms with Crippen molar-refractivity contribution in [1.29, 1.82) is 0 Å². The third-order valence-corrected chi connectivity index (χ3v) is 7.71. The molecule has 32 heavy (non-hydrogen) atoms. The van der Waals surface area contributed by atoms with Gasteiger partial charge < -0.3 is 0 Å². The Hall–Kier alpha value is -2.87. The second kappa shape index (κ2) is 8.94. The van der Waals surface area contributed by atoms with Crippen LogP contribution < -0.4 is 4.90 Å². The molecule has 0 saturated carbocycles. The minimum Gasteiger partial charge on any atom is -0.292 e. The number of nitrogens with zero attached hydrogens (tertiary/aromatic N) is 2. The molecule has 1 fully saturated rings. The molecule has 1 saturated heterocycles. The van der Waals surface area contributed by atoms with Gasteiger partial charge in [0, 0.05) is 22.8 Å². The maximum absolute atomic E-state index is 13.4. The van der Waals surface area contributed by atoms with Crippen molar-refractivity contribution in [3.63, 3.8) is 0 Å². The van der Waals surface area contributed by atoms with Crippen molar-refractivity contribution < 1.29 is 9.59 Å². The van der Waals surface area contributed by atoms with Crippen molar-refractivity contribution in [2.24, 2.45) is 0 Å². The fraction of sp³-hybridized carbons (Fsp3) is 0.0800. The predicted molar refractivity (Wildman–Crippen MR) is 135 cm³/mol. The van der Waals surface area contributed by atoms with E-state index in [2.05, 4.69) is 0 Å². The molecule has 158 valence electrons. The first-order valence-electron chi connectivity index (χ1n) is 10.1. The molecule has 5 rings (SSSR count). The molecule has 0 bridgehead atoms. The number of carbonyl (C=O) groups is 2. The van der Waals surface area contributed by atoms with E-state index in [1.165, 1.54) is 16.7 Å². The van der Waals surface area contributed by atoms with Gasteiger partial charge in [-0.1, -0.05) is 90.3 Å². The number of anilines is 2. The van der Waals surface area contributed by atoms with E-state index in [4.69, 9.17) is 12.2 Å². The summed E-state index contributed by atoms with van der Waals surface area (Å²) in [5.41, 5.74) is 2.69. The van der Waals surface area contributed by atoms with Gasteiger partial charge in [-0.05, 0) is 35.9 Å². The first-order chi connectivity index (χ1) is 15.6. The van der Waals surface area contributed by atoms with Gasteiger partial charge in [0.25, 0.3) is 5.91 Å². The zero-order valence-electron chi connectivity index (χ0n) is 16.9. The third kappa shape index (κ3) is 3.99. The van der Waals surface area contributed by atoms with Gasteiger partial charge >= 0.3 is 0 Å². The minimum absolute atomic E-state index is 0.0636. The van der Waals surface area contributed by atoms with Crippen LogP contribution in [0.4, 0.5) is 11.4 Å². The summed E-state index contributed by atoms with van der Waals surface area (Å²) < 4.78 is 0.486. The molecule has 3 aromatic rings. The molecule has 0 aromatic heterocycles. The Kier molecular flexibility index (Phi) is 5.87. The largest absolute Gasteiger partial charge is 0.292 e. The average molecular weight is 475 g/mol. The number of para-hydroxylation sites is 2. The minimum atomic E-state index is -0.147. The Morgan fingerprint density at radius 3 is 2.09 bits per heavy atom. The van der Waals surface area contributed by atoms with Crippen molar-refractivity contribution in [1.82, 2.24) is 4.90 Å². The Labute approximate surface area is 200 Å². The van der Waals surface area contributed by atoms with Crippen molar-refractivity contribution in [3.05, 3.63) is 89.3 Å². The molecule has 2 aliphatic rings. The van der Waals surface area contributed by atoms with Crippen molar-refractivity contribution >= 4 is 69.3 Å². The van der Waals surface area contributed by atoms with Crippen LogP contribution in [0.15, 0.2) is 93.6 Å². The average Bonchev–Trinajstić information content (AvgIpc) is 3.08. The summed E-state index contributed by atoms with van der Waals surface area (Å²) in [4.78, 5) is 32.3. The van der Waals surface area contributed by atoms with Gasteiger partial charge in [-0.15, -0.1) is 0 Å². The second-order valence-electron chi connectivity index (χ2n) is 7.26. The number of amides is 2. The van der Waals surface area contributed by atoms with Gasteiger partial charge in [-0.2, -0.15) is 0 Å². The molecule has 2 heterocycles. The highest BCUT2D eigenvalue weighted by Crippen LogP contribution is 2.48. The van der Waals surface area contributed by atoms with E-state index >= 15 is 0 Å². The van der Waals surface area contributed by atoms with Crippen molar-refractivity contribution in [2.45, 2.75) is 16.2 Å². The number of thiocarbonyl (C=S) groups is 1. The molecule has 0 N–H and O–H groups in total. The lowest BCUT2D eigenvalue weighted by Crippen LogP contribution is -2.35. The van der Waals surface area contributed by atoms with E-state index in [9.17, 15) is 9.59 Å². The highest BCUT2D eigenvalue weighted by molar-refractivity contribution is 8.26. The molecular formula is C25H18N2O2S3. The Bertz CT molecular complexity index is 1210. The van der Waals surface area contributed by atoms with Crippen LogP contribution in [0.25, 0.3) is 6.08 Å². The topological polar surface area (TPSA) is 40.6 Å². The van der Waals surface area contributed by atoms with Gasteiger partial charge in [0.15, 0.2) is 0 Å². The highest BCUT2D eigenvalue weighted by Gasteiger charge is 2.34. The maximum Gasteiger partial charge on any atom is 0.266 e. The summed E-state index contributed by atoms with van der Waals surface area (Å²) in [5.74, 6) is -0.210. The van der Waals surface area contributed by atoms with Crippen LogP contribution in [0.2, 0.25) is 0 Å². The van der Waals surface area contributed by atoms with E-state index < -0.39 is 0 Å². The second-order valence-corrected chi connectivity index (χ2v) is 10.0. The van der Waals surface area contributed by atoms with Crippen LogP contribution in [-0.2, 0) is 9.59 Å². The molecule has 0 atom stereocenters. The molecule has 0 spiro atoms. The zero-order valence-corrected chi connectivity index (χ0v) is 19.4. The van der Waals surface area contributed by atoms with Crippen molar-refractivity contribution in [2.75, 3.05) is 11.4 Å². The molecule has 0 aliphatic carbocycles. The van der Waals surface area contributed by atoms with E-state index in [-0.39, 0.29) is 24.8 Å². The number of hydrogen-bond donors (Lipinski definition) is 0. The molecule has 3 aromatic carbocycles. The summed E-state index contributed by atoms with van der Waals surface area (Å²) in [6.45, 7) is 0.254. The van der Waals surface area contributed by atoms with Crippen LogP contribution in [0.1, 0.15) is 12.0 Å². The monoisotopic (exact) mass is 474 g/mol. The molecule has 2 amide bonds. The lowest BCUT2D eigenvalue weighted by Gasteiger charge is -2.31. The summed E-state index contributed by atoms with van der Waals surface area (Å²) in [7, 11) is 0. The van der Waals surface area contributed by atoms with Crippen molar-refractivity contribution in [3.8, 4) is 0 Å². The van der Waals surface area contributed by atoms with Gasteiger partial charge in [0.2, 0.25) is 5.91 Å². The fourth-order valence-corrected chi connectivity index (χ4v) is 6.05. The standard InChI is InChI=1S/C25H18N2O2S3/c28-23(27-18-10-4-6-12-20(18)31-21-13-7-5-11-19(21)27)14-15-26-24(29)22(32-25(26)30)16-17-8-2-1-3-9-17/h1-13,16H,14-15H2. The lowest BCUT2D eigenvalue weighted by atomic mass is 10.2. The first kappa shape index (κ1) is 21.0. The summed E-state index contributed by atoms with van der Waals surface area (Å²) in [5, 5.41) is 0. The quantitative estimate of drug-likeness (QED) is 0.337. The smallest absolute Gasteiger partial charge is 0.266 e. The third-order valence-electron chi connectivity index (χ3n) is 5.20. The Balaban J connectivity index is 1.35. The normalized spacial score (nSPS) is 16.3. The van der Waals surface area contributed by atoms with E-state index in [1.807, 2.05) is 84.9 Å². The molecule has 0 unspecified atom stereocenters. The van der Waals surface area contributed by atoms with Gasteiger partial charge in [0.1, 0.15) is 4.32 Å². The van der Waals surface area contributed by atoms with Gasteiger partial charge in [-0.25, -0.2) is 0 Å². The van der Waals surface area contributed by atoms with Crippen LogP contribution >= 0.6 is 35.7 Å². The Morgan fingerprint density at radius 2 is 1.44 bits per heavy atom. The number of carbonyl (C=O) groups excluding carboxylic acids is 2. The first-order valence-corrected chi connectivity index (χ1v) is 12.2. The van der Waals surface area contributed by atoms with Crippen LogP contribution in [0.3, 0.4) is 0 Å². The molecule has 4 nitrogen and oxygen atoms in total. The van der Waals surface area contributed by atoms with E-state index in [0.717, 1.165) is 26.7 Å². The summed E-state index contributed by atoms with van der Waals surface area (Å²) in [6.07, 6.45) is 2.02. The van der Waals surface area contributed by atoms with Crippen LogP contribution in [0.5, 0.6) is 0 Å².